The van der Waals surface area contributed by atoms with E-state index in [0.717, 1.165) is 16.5 Å². The molecule has 2 heterocycles. The number of benzene rings is 1. The Morgan fingerprint density at radius 3 is 2.65 bits per heavy atom. The maximum atomic E-state index is 12.0. The first-order chi connectivity index (χ1) is 9.84. The van der Waals surface area contributed by atoms with E-state index >= 15 is 0 Å². The molecule has 0 atom stereocenters. The van der Waals surface area contributed by atoms with Gasteiger partial charge in [-0.05, 0) is 35.9 Å². The number of hydrogen-bond acceptors (Lipinski definition) is 3. The lowest BCUT2D eigenvalue weighted by atomic mass is 10.1. The second kappa shape index (κ2) is 5.45. The number of carbonyl (C=O) groups is 1. The Labute approximate surface area is 116 Å². The van der Waals surface area contributed by atoms with Crippen molar-refractivity contribution in [1.29, 1.82) is 0 Å². The Balaban J connectivity index is 1.94. The van der Waals surface area contributed by atoms with Crippen molar-refractivity contribution in [3.05, 3.63) is 78.3 Å². The van der Waals surface area contributed by atoms with Gasteiger partial charge in [-0.1, -0.05) is 24.3 Å². The molecule has 0 aliphatic heterocycles. The molecule has 0 unspecified atom stereocenters. The molecule has 0 fully saturated rings. The van der Waals surface area contributed by atoms with E-state index < -0.39 is 0 Å². The van der Waals surface area contributed by atoms with Gasteiger partial charge in [-0.2, -0.15) is 0 Å². The molecule has 96 valence electrons. The highest BCUT2D eigenvalue weighted by Gasteiger charge is 2.01. The Morgan fingerprint density at radius 2 is 1.80 bits per heavy atom. The Hall–Kier alpha value is -2.81. The number of pyridine rings is 2. The molecule has 0 radical (unpaired) electrons. The van der Waals surface area contributed by atoms with Crippen LogP contribution in [-0.4, -0.2) is 15.8 Å². The standard InChI is InChI=1S/C17H12N2O/c20-17(14-8-11-18-12-9-14)7-6-13-3-1-5-16-15(13)4-2-10-19-16/h1-12H/b7-6+. The quantitative estimate of drug-likeness (QED) is 0.534. The average molecular weight is 260 g/mol. The predicted molar refractivity (Wildman–Crippen MR) is 79.3 cm³/mol. The zero-order valence-corrected chi connectivity index (χ0v) is 10.7. The number of aromatic nitrogens is 2. The molecule has 20 heavy (non-hydrogen) atoms. The Morgan fingerprint density at radius 1 is 0.950 bits per heavy atom. The molecule has 0 N–H and O–H groups in total. The van der Waals surface area contributed by atoms with E-state index in [1.165, 1.54) is 0 Å². The number of hydrogen-bond donors (Lipinski definition) is 0. The molecule has 0 aliphatic carbocycles. The molecule has 0 saturated carbocycles. The van der Waals surface area contributed by atoms with Gasteiger partial charge in [0.05, 0.1) is 5.52 Å². The molecule has 3 heteroatoms. The minimum Gasteiger partial charge on any atom is -0.289 e. The van der Waals surface area contributed by atoms with Crippen LogP contribution in [0.1, 0.15) is 15.9 Å². The maximum absolute atomic E-state index is 12.0. The second-order valence-electron chi connectivity index (χ2n) is 4.35. The van der Waals surface area contributed by atoms with Crippen molar-refractivity contribution in [3.8, 4) is 0 Å². The summed E-state index contributed by atoms with van der Waals surface area (Å²) in [5.41, 5.74) is 2.54. The fraction of sp³-hybridized carbons (Fsp3) is 0. The van der Waals surface area contributed by atoms with Gasteiger partial charge in [0.15, 0.2) is 5.78 Å². The van der Waals surface area contributed by atoms with E-state index in [9.17, 15) is 4.79 Å². The van der Waals surface area contributed by atoms with Crippen LogP contribution in [0, 0.1) is 0 Å². The van der Waals surface area contributed by atoms with Crippen molar-refractivity contribution in [1.82, 2.24) is 9.97 Å². The number of fused-ring (bicyclic) bond motifs is 1. The van der Waals surface area contributed by atoms with Gasteiger partial charge in [0.2, 0.25) is 0 Å². The van der Waals surface area contributed by atoms with Gasteiger partial charge in [-0.25, -0.2) is 0 Å². The zero-order valence-electron chi connectivity index (χ0n) is 10.7. The van der Waals surface area contributed by atoms with Gasteiger partial charge >= 0.3 is 0 Å². The first-order valence-corrected chi connectivity index (χ1v) is 6.31. The van der Waals surface area contributed by atoms with Crippen molar-refractivity contribution in [2.24, 2.45) is 0 Å². The highest BCUT2D eigenvalue weighted by atomic mass is 16.1. The minimum absolute atomic E-state index is 0.0340. The SMILES string of the molecule is O=C(/C=C/c1cccc2ncccc12)c1ccncc1. The summed E-state index contributed by atoms with van der Waals surface area (Å²) >= 11 is 0. The third-order valence-electron chi connectivity index (χ3n) is 3.06. The smallest absolute Gasteiger partial charge is 0.185 e. The highest BCUT2D eigenvalue weighted by Crippen LogP contribution is 2.17. The normalized spacial score (nSPS) is 11.0. The molecule has 0 spiro atoms. The van der Waals surface area contributed by atoms with Crippen molar-refractivity contribution in [2.45, 2.75) is 0 Å². The van der Waals surface area contributed by atoms with Gasteiger partial charge in [0.25, 0.3) is 0 Å². The Bertz CT molecular complexity index is 774. The lowest BCUT2D eigenvalue weighted by Gasteiger charge is -2.00. The topological polar surface area (TPSA) is 42.9 Å². The molecule has 3 rings (SSSR count). The van der Waals surface area contributed by atoms with E-state index in [2.05, 4.69) is 9.97 Å². The average Bonchev–Trinajstić information content (AvgIpc) is 2.53. The zero-order chi connectivity index (χ0) is 13.8. The summed E-state index contributed by atoms with van der Waals surface area (Å²) in [7, 11) is 0. The Kier molecular flexibility index (Phi) is 3.33. The molecule has 3 aromatic rings. The minimum atomic E-state index is -0.0340. The summed E-state index contributed by atoms with van der Waals surface area (Å²) in [6, 6.07) is 13.2. The third kappa shape index (κ3) is 2.47. The maximum Gasteiger partial charge on any atom is 0.185 e. The van der Waals surface area contributed by atoms with Gasteiger partial charge < -0.3 is 0 Å². The van der Waals surface area contributed by atoms with E-state index in [4.69, 9.17) is 0 Å². The van der Waals surface area contributed by atoms with Crippen LogP contribution in [0.5, 0.6) is 0 Å². The summed E-state index contributed by atoms with van der Waals surface area (Å²) in [6.45, 7) is 0. The van der Waals surface area contributed by atoms with Crippen LogP contribution in [0.2, 0.25) is 0 Å². The number of carbonyl (C=O) groups excluding carboxylic acids is 1. The van der Waals surface area contributed by atoms with Crippen LogP contribution in [-0.2, 0) is 0 Å². The van der Waals surface area contributed by atoms with Gasteiger partial charge in [-0.3, -0.25) is 14.8 Å². The molecule has 0 amide bonds. The molecule has 0 bridgehead atoms. The lowest BCUT2D eigenvalue weighted by molar-refractivity contribution is 0.104. The van der Waals surface area contributed by atoms with Crippen LogP contribution >= 0.6 is 0 Å². The fourth-order valence-corrected chi connectivity index (χ4v) is 2.05. The van der Waals surface area contributed by atoms with Gasteiger partial charge in [0, 0.05) is 29.5 Å². The second-order valence-corrected chi connectivity index (χ2v) is 4.35. The van der Waals surface area contributed by atoms with E-state index in [1.54, 1.807) is 36.8 Å². The first kappa shape index (κ1) is 12.2. The largest absolute Gasteiger partial charge is 0.289 e. The summed E-state index contributed by atoms with van der Waals surface area (Å²) in [4.78, 5) is 20.2. The van der Waals surface area contributed by atoms with Crippen molar-refractivity contribution in [2.75, 3.05) is 0 Å². The summed E-state index contributed by atoms with van der Waals surface area (Å²) in [5, 5.41) is 1.04. The predicted octanol–water partition coefficient (Wildman–Crippen LogP) is 3.53. The first-order valence-electron chi connectivity index (χ1n) is 6.31. The summed E-state index contributed by atoms with van der Waals surface area (Å²) in [6.07, 6.45) is 8.40. The molecule has 2 aromatic heterocycles. The van der Waals surface area contributed by atoms with Crippen molar-refractivity contribution in [3.63, 3.8) is 0 Å². The van der Waals surface area contributed by atoms with Crippen molar-refractivity contribution >= 4 is 22.8 Å². The highest BCUT2D eigenvalue weighted by molar-refractivity contribution is 6.07. The number of rotatable bonds is 3. The van der Waals surface area contributed by atoms with E-state index in [-0.39, 0.29) is 5.78 Å². The monoisotopic (exact) mass is 260 g/mol. The lowest BCUT2D eigenvalue weighted by Crippen LogP contribution is -1.93. The van der Waals surface area contributed by atoms with E-state index in [1.807, 2.05) is 36.4 Å². The van der Waals surface area contributed by atoms with Crippen LogP contribution < -0.4 is 0 Å². The van der Waals surface area contributed by atoms with Gasteiger partial charge in [-0.15, -0.1) is 0 Å². The van der Waals surface area contributed by atoms with Crippen LogP contribution in [0.3, 0.4) is 0 Å². The number of nitrogens with zero attached hydrogens (tertiary/aromatic N) is 2. The van der Waals surface area contributed by atoms with Gasteiger partial charge in [0.1, 0.15) is 0 Å². The van der Waals surface area contributed by atoms with Crippen LogP contribution in [0.4, 0.5) is 0 Å². The molecule has 0 aliphatic rings. The number of ketones is 1. The molecule has 3 nitrogen and oxygen atoms in total. The molecular formula is C17H12N2O. The summed E-state index contributed by atoms with van der Waals surface area (Å²) < 4.78 is 0. The van der Waals surface area contributed by atoms with Crippen LogP contribution in [0.25, 0.3) is 17.0 Å². The van der Waals surface area contributed by atoms with Crippen molar-refractivity contribution < 1.29 is 4.79 Å². The van der Waals surface area contributed by atoms with Crippen LogP contribution in [0.15, 0.2) is 67.1 Å². The molecule has 1 aromatic carbocycles. The summed E-state index contributed by atoms with van der Waals surface area (Å²) in [5.74, 6) is -0.0340. The number of allylic oxidation sites excluding steroid dienone is 1. The third-order valence-corrected chi connectivity index (χ3v) is 3.06. The molecule has 0 saturated heterocycles. The van der Waals surface area contributed by atoms with E-state index in [0.29, 0.717) is 5.56 Å². The molecular weight excluding hydrogens is 248 g/mol. The fourth-order valence-electron chi connectivity index (χ4n) is 2.05.